The fourth-order valence-corrected chi connectivity index (χ4v) is 2.00. The van der Waals surface area contributed by atoms with Crippen LogP contribution in [0.1, 0.15) is 25.7 Å². The van der Waals surface area contributed by atoms with Crippen molar-refractivity contribution >= 4 is 41.4 Å². The molecule has 0 aromatic heterocycles. The predicted octanol–water partition coefficient (Wildman–Crippen LogP) is -2.82. The lowest BCUT2D eigenvalue weighted by atomic mass is 10.1. The van der Waals surface area contributed by atoms with Gasteiger partial charge in [0, 0.05) is 18.6 Å². The Balaban J connectivity index is 0. The van der Waals surface area contributed by atoms with E-state index < -0.39 is 47.8 Å². The first-order chi connectivity index (χ1) is 12.4. The van der Waals surface area contributed by atoms with Crippen molar-refractivity contribution in [1.29, 1.82) is 0 Å². The molecule has 3 amide bonds. The third-order valence-electron chi connectivity index (χ3n) is 3.00. The van der Waals surface area contributed by atoms with Crippen LogP contribution in [0.5, 0.6) is 0 Å². The molecule has 0 radical (unpaired) electrons. The van der Waals surface area contributed by atoms with Gasteiger partial charge in [0.1, 0.15) is 12.1 Å². The Morgan fingerprint density at radius 1 is 0.889 bits per heavy atom. The topological polar surface area (TPSA) is 242 Å². The van der Waals surface area contributed by atoms with Crippen molar-refractivity contribution in [3.8, 4) is 0 Å². The molecule has 0 saturated heterocycles. The van der Waals surface area contributed by atoms with E-state index in [1.165, 1.54) is 11.8 Å². The van der Waals surface area contributed by atoms with Crippen LogP contribution in [-0.2, 0) is 24.0 Å². The summed E-state index contributed by atoms with van der Waals surface area (Å²) >= 11 is 1.43. The maximum absolute atomic E-state index is 11.5. The molecule has 27 heavy (non-hydrogen) atoms. The number of hydrogen-bond donors (Lipinski definition) is 7. The molecule has 0 fully saturated rings. The van der Waals surface area contributed by atoms with Gasteiger partial charge in [-0.05, 0) is 19.1 Å². The molecule has 0 rings (SSSR count). The molecule has 156 valence electrons. The molecular formula is C14H27N5O7S. The zero-order valence-corrected chi connectivity index (χ0v) is 15.7. The molecule has 0 unspecified atom stereocenters. The number of amides is 3. The van der Waals surface area contributed by atoms with E-state index in [0.29, 0.717) is 5.75 Å². The minimum Gasteiger partial charge on any atom is -0.480 e. The van der Waals surface area contributed by atoms with E-state index in [-0.39, 0.29) is 25.7 Å². The number of carboxylic acids is 2. The summed E-state index contributed by atoms with van der Waals surface area (Å²) in [7, 11) is 0. The Morgan fingerprint density at radius 3 is 1.70 bits per heavy atom. The molecule has 0 saturated carbocycles. The first-order valence-corrected chi connectivity index (χ1v) is 9.14. The van der Waals surface area contributed by atoms with Gasteiger partial charge in [0.2, 0.25) is 17.7 Å². The Morgan fingerprint density at radius 2 is 1.37 bits per heavy atom. The van der Waals surface area contributed by atoms with Gasteiger partial charge in [-0.2, -0.15) is 11.8 Å². The fraction of sp³-hybridized carbons (Fsp3) is 0.643. The maximum Gasteiger partial charge on any atom is 0.326 e. The molecule has 0 heterocycles. The summed E-state index contributed by atoms with van der Waals surface area (Å²) < 4.78 is 0. The summed E-state index contributed by atoms with van der Waals surface area (Å²) in [5.74, 6) is -3.74. The smallest absolute Gasteiger partial charge is 0.326 e. The largest absolute Gasteiger partial charge is 0.480 e. The van der Waals surface area contributed by atoms with Crippen LogP contribution in [-0.4, -0.2) is 70.0 Å². The van der Waals surface area contributed by atoms with Crippen LogP contribution >= 0.6 is 11.8 Å². The van der Waals surface area contributed by atoms with Gasteiger partial charge in [0.25, 0.3) is 0 Å². The van der Waals surface area contributed by atoms with E-state index in [2.05, 4.69) is 5.32 Å². The average Bonchev–Trinajstić information content (AvgIpc) is 2.56. The minimum atomic E-state index is -1.29. The van der Waals surface area contributed by atoms with Crippen molar-refractivity contribution in [3.05, 3.63) is 0 Å². The van der Waals surface area contributed by atoms with E-state index >= 15 is 0 Å². The highest BCUT2D eigenvalue weighted by molar-refractivity contribution is 7.98. The van der Waals surface area contributed by atoms with Crippen LogP contribution in [0.15, 0.2) is 0 Å². The number of thioether (sulfide) groups is 1. The van der Waals surface area contributed by atoms with Crippen LogP contribution in [0.4, 0.5) is 0 Å². The molecule has 0 aliphatic heterocycles. The number of primary amides is 2. The van der Waals surface area contributed by atoms with Gasteiger partial charge >= 0.3 is 11.9 Å². The number of carbonyl (C=O) groups is 5. The number of hydrogen-bond acceptors (Lipinski definition) is 8. The molecular weight excluding hydrogens is 382 g/mol. The first kappa shape index (κ1) is 26.8. The lowest BCUT2D eigenvalue weighted by Crippen LogP contribution is -2.48. The number of nitrogens with one attached hydrogen (secondary N) is 1. The molecule has 0 aliphatic rings. The zero-order chi connectivity index (χ0) is 21.6. The molecule has 12 nitrogen and oxygen atoms in total. The normalized spacial score (nSPS) is 13.3. The highest BCUT2D eigenvalue weighted by Crippen LogP contribution is 2.00. The highest BCUT2D eigenvalue weighted by Gasteiger charge is 2.23. The van der Waals surface area contributed by atoms with Crippen molar-refractivity contribution in [2.75, 3.05) is 12.0 Å². The van der Waals surface area contributed by atoms with E-state index in [1.54, 1.807) is 0 Å². The molecule has 0 spiro atoms. The van der Waals surface area contributed by atoms with Crippen LogP contribution in [0, 0.1) is 0 Å². The Hall–Kier alpha value is -2.38. The van der Waals surface area contributed by atoms with Gasteiger partial charge in [-0.1, -0.05) is 0 Å². The zero-order valence-electron chi connectivity index (χ0n) is 14.9. The van der Waals surface area contributed by atoms with Crippen LogP contribution in [0.25, 0.3) is 0 Å². The predicted molar refractivity (Wildman–Crippen MR) is 98.4 cm³/mol. The SMILES string of the molecule is CSC[C@H](N)C(=O)O.NC(=O)CC[C@H](NC(=O)[C@@H](N)CCC(N)=O)C(=O)O. The van der Waals surface area contributed by atoms with Crippen molar-refractivity contribution in [2.45, 2.75) is 43.8 Å². The van der Waals surface area contributed by atoms with Gasteiger partial charge in [0.15, 0.2) is 0 Å². The lowest BCUT2D eigenvalue weighted by molar-refractivity contribution is -0.142. The second-order valence-electron chi connectivity index (χ2n) is 5.42. The van der Waals surface area contributed by atoms with Gasteiger partial charge in [-0.3, -0.25) is 19.2 Å². The standard InChI is InChI=1S/C10H18N4O5.C4H9NO2S/c11-5(1-3-7(12)15)9(17)14-6(10(18)19)2-4-8(13)16;1-8-2-3(5)4(6)7/h5-6H,1-4,11H2,(H2,12,15)(H2,13,16)(H,14,17)(H,18,19);3H,2,5H2,1H3,(H,6,7)/t5-,6-;3-/m00/s1. The monoisotopic (exact) mass is 409 g/mol. The summed E-state index contributed by atoms with van der Waals surface area (Å²) in [5.41, 5.74) is 20.4. The summed E-state index contributed by atoms with van der Waals surface area (Å²) in [6.07, 6.45) is 1.46. The van der Waals surface area contributed by atoms with E-state index in [9.17, 15) is 24.0 Å². The number of rotatable bonds is 12. The van der Waals surface area contributed by atoms with E-state index in [1.807, 2.05) is 6.26 Å². The summed E-state index contributed by atoms with van der Waals surface area (Å²) in [4.78, 5) is 53.4. The Bertz CT molecular complexity index is 532. The fourth-order valence-electron chi connectivity index (χ4n) is 1.50. The van der Waals surface area contributed by atoms with Crippen LogP contribution in [0.3, 0.4) is 0 Å². The summed E-state index contributed by atoms with van der Waals surface area (Å²) in [6.45, 7) is 0. The molecule has 0 aliphatic carbocycles. The van der Waals surface area contributed by atoms with Crippen molar-refractivity contribution < 1.29 is 34.2 Å². The Labute approximate surface area is 160 Å². The third-order valence-corrected chi connectivity index (χ3v) is 3.69. The summed E-state index contributed by atoms with van der Waals surface area (Å²) in [6, 6.07) is -2.99. The van der Waals surface area contributed by atoms with Crippen molar-refractivity contribution in [3.63, 3.8) is 0 Å². The van der Waals surface area contributed by atoms with Crippen LogP contribution in [0.2, 0.25) is 0 Å². The number of aliphatic carboxylic acids is 2. The van der Waals surface area contributed by atoms with Crippen LogP contribution < -0.4 is 28.3 Å². The average molecular weight is 409 g/mol. The minimum absolute atomic E-state index is 0.0172. The third kappa shape index (κ3) is 15.6. The number of nitrogens with two attached hydrogens (primary N) is 4. The highest BCUT2D eigenvalue weighted by atomic mass is 32.2. The number of carboxylic acid groups (broad SMARTS) is 2. The van der Waals surface area contributed by atoms with Gasteiger partial charge in [-0.15, -0.1) is 0 Å². The molecule has 0 aromatic carbocycles. The van der Waals surface area contributed by atoms with Gasteiger partial charge in [-0.25, -0.2) is 4.79 Å². The van der Waals surface area contributed by atoms with Gasteiger partial charge in [0.05, 0.1) is 6.04 Å². The molecule has 3 atom stereocenters. The van der Waals surface area contributed by atoms with Gasteiger partial charge < -0.3 is 38.5 Å². The molecule has 0 bridgehead atoms. The Kier molecular flexibility index (Phi) is 14.7. The molecule has 0 aromatic rings. The summed E-state index contributed by atoms with van der Waals surface area (Å²) in [5, 5.41) is 19.2. The van der Waals surface area contributed by atoms with Crippen molar-refractivity contribution in [2.24, 2.45) is 22.9 Å². The molecule has 13 heteroatoms. The van der Waals surface area contributed by atoms with E-state index in [0.717, 1.165) is 0 Å². The van der Waals surface area contributed by atoms with E-state index in [4.69, 9.17) is 33.1 Å². The second-order valence-corrected chi connectivity index (χ2v) is 6.33. The quantitative estimate of drug-likeness (QED) is 0.174. The first-order valence-electron chi connectivity index (χ1n) is 7.75. The lowest BCUT2D eigenvalue weighted by Gasteiger charge is -2.17. The van der Waals surface area contributed by atoms with Crippen molar-refractivity contribution in [1.82, 2.24) is 5.32 Å². The second kappa shape index (κ2) is 14.8. The maximum atomic E-state index is 11.5. The number of carbonyl (C=O) groups excluding carboxylic acids is 3. The molecule has 11 N–H and O–H groups in total.